The van der Waals surface area contributed by atoms with Gasteiger partial charge in [0.1, 0.15) is 22.7 Å². The molecule has 188 valence electrons. The van der Waals surface area contributed by atoms with Crippen LogP contribution in [0.15, 0.2) is 9.42 Å². The average molecular weight is 496 g/mol. The van der Waals surface area contributed by atoms with Crippen LogP contribution < -0.4 is 5.32 Å². The summed E-state index contributed by atoms with van der Waals surface area (Å²) in [4.78, 5) is 41.5. The fourth-order valence-corrected chi connectivity index (χ4v) is 7.75. The molecule has 0 unspecified atom stereocenters. The summed E-state index contributed by atoms with van der Waals surface area (Å²) < 4.78 is 32.3. The third-order valence-electron chi connectivity index (χ3n) is 7.07. The van der Waals surface area contributed by atoms with Gasteiger partial charge in [0.15, 0.2) is 5.76 Å². The first-order chi connectivity index (χ1) is 15.8. The minimum atomic E-state index is -3.79. The molecule has 1 spiro atoms. The highest BCUT2D eigenvalue weighted by Crippen LogP contribution is 2.46. The molecular formula is C22H33N5O6S. The Morgan fingerprint density at radius 3 is 2.35 bits per heavy atom. The Bertz CT molecular complexity index is 1100. The summed E-state index contributed by atoms with van der Waals surface area (Å²) in [5.74, 6) is -0.219. The highest BCUT2D eigenvalue weighted by Gasteiger charge is 2.56. The molecule has 3 heterocycles. The van der Waals surface area contributed by atoms with E-state index in [0.29, 0.717) is 18.5 Å². The van der Waals surface area contributed by atoms with E-state index >= 15 is 0 Å². The van der Waals surface area contributed by atoms with Crippen LogP contribution in [-0.2, 0) is 19.6 Å². The molecule has 1 aromatic rings. The molecule has 2 saturated heterocycles. The van der Waals surface area contributed by atoms with E-state index in [-0.39, 0.29) is 66.5 Å². The maximum absolute atomic E-state index is 13.3. The quantitative estimate of drug-likeness (QED) is 0.622. The lowest BCUT2D eigenvalue weighted by Crippen LogP contribution is -2.55. The third kappa shape index (κ3) is 4.21. The minimum Gasteiger partial charge on any atom is -0.360 e. The van der Waals surface area contributed by atoms with E-state index in [0.717, 1.165) is 11.3 Å². The molecular weight excluding hydrogens is 462 g/mol. The van der Waals surface area contributed by atoms with Crippen molar-refractivity contribution in [3.05, 3.63) is 11.5 Å². The van der Waals surface area contributed by atoms with Crippen molar-refractivity contribution in [1.82, 2.24) is 24.6 Å². The van der Waals surface area contributed by atoms with Crippen molar-refractivity contribution in [2.45, 2.75) is 64.3 Å². The molecule has 1 saturated carbocycles. The molecule has 4 amide bonds. The molecule has 2 aliphatic heterocycles. The molecule has 1 aromatic heterocycles. The molecule has 34 heavy (non-hydrogen) atoms. The topological polar surface area (TPSA) is 133 Å². The number of aryl methyl sites for hydroxylation is 2. The number of carbonyl (C=O) groups excluding carboxylic acids is 3. The molecule has 3 fully saturated rings. The third-order valence-corrected chi connectivity index (χ3v) is 9.22. The zero-order chi connectivity index (χ0) is 25.1. The predicted octanol–water partition coefficient (Wildman–Crippen LogP) is 1.26. The lowest BCUT2D eigenvalue weighted by atomic mass is 9.64. The average Bonchev–Trinajstić information content (AvgIpc) is 3.17. The molecule has 1 aliphatic carbocycles. The van der Waals surface area contributed by atoms with Gasteiger partial charge in [-0.3, -0.25) is 14.5 Å². The number of imide groups is 1. The Labute approximate surface area is 199 Å². The van der Waals surface area contributed by atoms with Gasteiger partial charge in [0.25, 0.3) is 5.91 Å². The minimum absolute atomic E-state index is 0.0570. The SMILES string of the molecule is Cc1noc(C)c1S(=O)(=O)N1CCN(C(=O)CN2C(=O)N[C@@]3(C[C@H](C)CC(C)(C)C3)C2=O)CC1. The van der Waals surface area contributed by atoms with E-state index in [1.165, 1.54) is 9.21 Å². The van der Waals surface area contributed by atoms with Crippen LogP contribution in [0, 0.1) is 25.2 Å². The Morgan fingerprint density at radius 2 is 1.79 bits per heavy atom. The van der Waals surface area contributed by atoms with Gasteiger partial charge >= 0.3 is 6.03 Å². The molecule has 0 radical (unpaired) electrons. The summed E-state index contributed by atoms with van der Waals surface area (Å²) >= 11 is 0. The summed E-state index contributed by atoms with van der Waals surface area (Å²) in [6.07, 6.45) is 2.07. The maximum atomic E-state index is 13.3. The van der Waals surface area contributed by atoms with Gasteiger partial charge in [0.2, 0.25) is 15.9 Å². The Morgan fingerprint density at radius 1 is 1.15 bits per heavy atom. The van der Waals surface area contributed by atoms with Crippen molar-refractivity contribution in [1.29, 1.82) is 0 Å². The van der Waals surface area contributed by atoms with Gasteiger partial charge in [0.05, 0.1) is 0 Å². The van der Waals surface area contributed by atoms with E-state index in [1.54, 1.807) is 13.8 Å². The first-order valence-electron chi connectivity index (χ1n) is 11.6. The van der Waals surface area contributed by atoms with E-state index in [4.69, 9.17) is 4.52 Å². The number of nitrogens with zero attached hydrogens (tertiary/aromatic N) is 4. The van der Waals surface area contributed by atoms with Gasteiger partial charge in [0, 0.05) is 26.2 Å². The Balaban J connectivity index is 1.40. The summed E-state index contributed by atoms with van der Waals surface area (Å²) in [6.45, 7) is 9.57. The summed E-state index contributed by atoms with van der Waals surface area (Å²) in [7, 11) is -3.79. The van der Waals surface area contributed by atoms with Crippen molar-refractivity contribution < 1.29 is 27.3 Å². The van der Waals surface area contributed by atoms with Gasteiger partial charge in [-0.1, -0.05) is 25.9 Å². The number of amides is 4. The molecule has 4 rings (SSSR count). The monoisotopic (exact) mass is 495 g/mol. The van der Waals surface area contributed by atoms with Gasteiger partial charge in [-0.15, -0.1) is 0 Å². The van der Waals surface area contributed by atoms with Gasteiger partial charge in [-0.25, -0.2) is 13.2 Å². The molecule has 1 N–H and O–H groups in total. The smallest absolute Gasteiger partial charge is 0.325 e. The van der Waals surface area contributed by atoms with Crippen LogP contribution >= 0.6 is 0 Å². The largest absolute Gasteiger partial charge is 0.360 e. The fourth-order valence-electron chi connectivity index (χ4n) is 6.03. The summed E-state index contributed by atoms with van der Waals surface area (Å²) in [5, 5.41) is 6.60. The van der Waals surface area contributed by atoms with Crippen LogP contribution in [-0.4, -0.2) is 83.8 Å². The van der Waals surface area contributed by atoms with Crippen LogP contribution in [0.3, 0.4) is 0 Å². The Hall–Kier alpha value is -2.47. The number of urea groups is 1. The number of carbonyl (C=O) groups is 3. The van der Waals surface area contributed by atoms with E-state index in [1.807, 2.05) is 0 Å². The predicted molar refractivity (Wildman–Crippen MR) is 121 cm³/mol. The molecule has 2 atom stereocenters. The number of piperazine rings is 1. The number of hydrogen-bond donors (Lipinski definition) is 1. The van der Waals surface area contributed by atoms with Gasteiger partial charge in [-0.05, 0) is 44.4 Å². The number of hydrogen-bond acceptors (Lipinski definition) is 7. The molecule has 12 heteroatoms. The fraction of sp³-hybridized carbons (Fsp3) is 0.727. The molecule has 11 nitrogen and oxygen atoms in total. The second-order valence-electron chi connectivity index (χ2n) is 10.7. The van der Waals surface area contributed by atoms with E-state index < -0.39 is 21.6 Å². The first kappa shape index (κ1) is 24.6. The molecule has 0 bridgehead atoms. The zero-order valence-electron chi connectivity index (χ0n) is 20.4. The summed E-state index contributed by atoms with van der Waals surface area (Å²) in [6, 6.07) is -0.539. The number of aromatic nitrogens is 1. The summed E-state index contributed by atoms with van der Waals surface area (Å²) in [5.41, 5.74) is -0.757. The second-order valence-corrected chi connectivity index (χ2v) is 12.6. The van der Waals surface area contributed by atoms with Crippen molar-refractivity contribution >= 4 is 27.9 Å². The lowest BCUT2D eigenvalue weighted by molar-refractivity contribution is -0.141. The number of nitrogens with one attached hydrogen (secondary N) is 1. The Kier molecular flexibility index (Phi) is 6.04. The van der Waals surface area contributed by atoms with Crippen LogP contribution in [0.1, 0.15) is 51.5 Å². The van der Waals surface area contributed by atoms with Gasteiger partial charge in [-0.2, -0.15) is 4.31 Å². The van der Waals surface area contributed by atoms with E-state index in [2.05, 4.69) is 31.2 Å². The zero-order valence-corrected chi connectivity index (χ0v) is 21.2. The van der Waals surface area contributed by atoms with Crippen molar-refractivity contribution in [2.75, 3.05) is 32.7 Å². The van der Waals surface area contributed by atoms with Crippen molar-refractivity contribution in [3.8, 4) is 0 Å². The van der Waals surface area contributed by atoms with Crippen LogP contribution in [0.5, 0.6) is 0 Å². The van der Waals surface area contributed by atoms with E-state index in [9.17, 15) is 22.8 Å². The highest BCUT2D eigenvalue weighted by atomic mass is 32.2. The van der Waals surface area contributed by atoms with Crippen molar-refractivity contribution in [3.63, 3.8) is 0 Å². The number of rotatable bonds is 4. The van der Waals surface area contributed by atoms with Crippen LogP contribution in [0.25, 0.3) is 0 Å². The van der Waals surface area contributed by atoms with Crippen LogP contribution in [0.4, 0.5) is 4.79 Å². The highest BCUT2D eigenvalue weighted by molar-refractivity contribution is 7.89. The standard InChI is InChI=1S/C22H33N5O6S/c1-14-10-21(4,5)13-22(11-14)19(29)27(20(30)23-22)12-17(28)25-6-8-26(9-7-25)34(31,32)18-15(2)24-33-16(18)3/h14H,6-13H2,1-5H3,(H,23,30)/t14-,22-/m1/s1. The van der Waals surface area contributed by atoms with Crippen LogP contribution in [0.2, 0.25) is 0 Å². The normalized spacial score (nSPS) is 28.0. The lowest BCUT2D eigenvalue weighted by Gasteiger charge is -2.43. The van der Waals surface area contributed by atoms with Crippen molar-refractivity contribution in [2.24, 2.45) is 11.3 Å². The molecule has 3 aliphatic rings. The van der Waals surface area contributed by atoms with Gasteiger partial charge < -0.3 is 14.7 Å². The first-order valence-corrected chi connectivity index (χ1v) is 13.0. The molecule has 0 aromatic carbocycles. The number of sulfonamides is 1. The maximum Gasteiger partial charge on any atom is 0.325 e. The second kappa shape index (κ2) is 8.33.